The van der Waals surface area contributed by atoms with Gasteiger partial charge >= 0.3 is 5.97 Å². The van der Waals surface area contributed by atoms with Crippen LogP contribution in [0, 0.1) is 0 Å². The predicted octanol–water partition coefficient (Wildman–Crippen LogP) is 1.03. The second kappa shape index (κ2) is 6.68. The summed E-state index contributed by atoms with van der Waals surface area (Å²) in [6.07, 6.45) is 2.38. The van der Waals surface area contributed by atoms with Crippen LogP contribution in [0.4, 0.5) is 0 Å². The average Bonchev–Trinajstić information content (AvgIpc) is 2.38. The third-order valence-electron chi connectivity index (χ3n) is 4.32. The van der Waals surface area contributed by atoms with Crippen LogP contribution in [0.1, 0.15) is 33.1 Å². The van der Waals surface area contributed by atoms with Gasteiger partial charge in [0.25, 0.3) is 0 Å². The molecule has 110 valence electrons. The van der Waals surface area contributed by atoms with Gasteiger partial charge in [-0.3, -0.25) is 9.69 Å². The first kappa shape index (κ1) is 14.8. The van der Waals surface area contributed by atoms with Gasteiger partial charge in [-0.15, -0.1) is 0 Å². The molecule has 2 rings (SSSR count). The van der Waals surface area contributed by atoms with E-state index in [1.807, 2.05) is 0 Å². The van der Waals surface area contributed by atoms with Crippen molar-refractivity contribution in [1.29, 1.82) is 0 Å². The van der Waals surface area contributed by atoms with Gasteiger partial charge in [-0.25, -0.2) is 0 Å². The molecule has 1 N–H and O–H groups in total. The van der Waals surface area contributed by atoms with Crippen LogP contribution in [-0.2, 0) is 9.53 Å². The maximum atomic E-state index is 10.8. The van der Waals surface area contributed by atoms with E-state index >= 15 is 0 Å². The van der Waals surface area contributed by atoms with Crippen molar-refractivity contribution in [1.82, 2.24) is 9.80 Å². The lowest BCUT2D eigenvalue weighted by atomic mass is 10.0. The molecular formula is C14H26N2O3. The third kappa shape index (κ3) is 4.16. The summed E-state index contributed by atoms with van der Waals surface area (Å²) in [6, 6.07) is 1.24. The minimum Gasteiger partial charge on any atom is -0.481 e. The monoisotopic (exact) mass is 270 g/mol. The van der Waals surface area contributed by atoms with E-state index in [0.717, 1.165) is 26.2 Å². The lowest BCUT2D eigenvalue weighted by Gasteiger charge is -2.43. The fourth-order valence-electron chi connectivity index (χ4n) is 3.16. The maximum Gasteiger partial charge on any atom is 0.306 e. The summed E-state index contributed by atoms with van der Waals surface area (Å²) in [5.41, 5.74) is 0. The molecule has 2 aliphatic heterocycles. The Hall–Kier alpha value is -0.650. The van der Waals surface area contributed by atoms with Crippen molar-refractivity contribution in [2.75, 3.05) is 32.8 Å². The van der Waals surface area contributed by atoms with Crippen molar-refractivity contribution in [2.45, 2.75) is 51.3 Å². The van der Waals surface area contributed by atoms with Gasteiger partial charge in [-0.2, -0.15) is 0 Å². The highest BCUT2D eigenvalue weighted by Gasteiger charge is 2.30. The number of aliphatic carboxylic acids is 1. The molecule has 0 amide bonds. The van der Waals surface area contributed by atoms with Crippen LogP contribution in [0.15, 0.2) is 0 Å². The summed E-state index contributed by atoms with van der Waals surface area (Å²) in [4.78, 5) is 15.7. The van der Waals surface area contributed by atoms with E-state index in [9.17, 15) is 4.79 Å². The van der Waals surface area contributed by atoms with Gasteiger partial charge in [-0.05, 0) is 39.8 Å². The molecule has 1 atom stereocenters. The van der Waals surface area contributed by atoms with Crippen molar-refractivity contribution in [3.05, 3.63) is 0 Å². The summed E-state index contributed by atoms with van der Waals surface area (Å²) in [5, 5.41) is 8.85. The molecule has 5 heteroatoms. The molecule has 5 nitrogen and oxygen atoms in total. The number of carbonyl (C=O) groups is 1. The summed E-state index contributed by atoms with van der Waals surface area (Å²) in [5.74, 6) is -0.763. The Morgan fingerprint density at radius 3 is 2.58 bits per heavy atom. The predicted molar refractivity (Wildman–Crippen MR) is 73.3 cm³/mol. The SMILES string of the molecule is CC(C)N1CCC(N2CCOC(CC(=O)O)C2)CC1. The molecule has 2 heterocycles. The minimum atomic E-state index is -0.763. The average molecular weight is 270 g/mol. The summed E-state index contributed by atoms with van der Waals surface area (Å²) < 4.78 is 5.54. The first-order chi connectivity index (χ1) is 9.06. The smallest absolute Gasteiger partial charge is 0.306 e. The lowest BCUT2D eigenvalue weighted by molar-refractivity contribution is -0.142. The Balaban J connectivity index is 1.80. The van der Waals surface area contributed by atoms with Crippen LogP contribution in [0.3, 0.4) is 0 Å². The molecule has 2 saturated heterocycles. The van der Waals surface area contributed by atoms with E-state index in [1.54, 1.807) is 0 Å². The van der Waals surface area contributed by atoms with Gasteiger partial charge in [-0.1, -0.05) is 0 Å². The Bertz CT molecular complexity index is 301. The van der Waals surface area contributed by atoms with Crippen LogP contribution >= 0.6 is 0 Å². The second-order valence-electron chi connectivity index (χ2n) is 5.95. The zero-order valence-corrected chi connectivity index (χ0v) is 12.0. The first-order valence-corrected chi connectivity index (χ1v) is 7.37. The zero-order valence-electron chi connectivity index (χ0n) is 12.0. The first-order valence-electron chi connectivity index (χ1n) is 7.37. The van der Waals surface area contributed by atoms with Crippen LogP contribution in [0.25, 0.3) is 0 Å². The highest BCUT2D eigenvalue weighted by Crippen LogP contribution is 2.21. The topological polar surface area (TPSA) is 53.0 Å². The van der Waals surface area contributed by atoms with Gasteiger partial charge in [0, 0.05) is 25.2 Å². The van der Waals surface area contributed by atoms with Crippen LogP contribution < -0.4 is 0 Å². The van der Waals surface area contributed by atoms with E-state index in [-0.39, 0.29) is 12.5 Å². The Morgan fingerprint density at radius 1 is 1.32 bits per heavy atom. The van der Waals surface area contributed by atoms with Crippen LogP contribution in [-0.4, -0.2) is 71.8 Å². The molecule has 2 fully saturated rings. The van der Waals surface area contributed by atoms with Crippen molar-refractivity contribution < 1.29 is 14.6 Å². The maximum absolute atomic E-state index is 10.8. The van der Waals surface area contributed by atoms with Crippen molar-refractivity contribution in [3.8, 4) is 0 Å². The molecule has 2 aliphatic rings. The Kier molecular flexibility index (Phi) is 5.19. The third-order valence-corrected chi connectivity index (χ3v) is 4.32. The van der Waals surface area contributed by atoms with Crippen LogP contribution in [0.2, 0.25) is 0 Å². The molecule has 19 heavy (non-hydrogen) atoms. The molecule has 0 aliphatic carbocycles. The van der Waals surface area contributed by atoms with E-state index in [4.69, 9.17) is 9.84 Å². The number of likely N-dealkylation sites (tertiary alicyclic amines) is 1. The molecule has 0 radical (unpaired) electrons. The number of carboxylic acid groups (broad SMARTS) is 1. The number of ether oxygens (including phenoxy) is 1. The normalized spacial score (nSPS) is 27.8. The Labute approximate surface area is 115 Å². The second-order valence-corrected chi connectivity index (χ2v) is 5.95. The van der Waals surface area contributed by atoms with E-state index in [2.05, 4.69) is 23.6 Å². The van der Waals surface area contributed by atoms with Gasteiger partial charge < -0.3 is 14.7 Å². The molecule has 0 aromatic carbocycles. The van der Waals surface area contributed by atoms with Crippen molar-refractivity contribution in [2.24, 2.45) is 0 Å². The molecule has 0 aromatic rings. The van der Waals surface area contributed by atoms with Crippen molar-refractivity contribution in [3.63, 3.8) is 0 Å². The van der Waals surface area contributed by atoms with Gasteiger partial charge in [0.2, 0.25) is 0 Å². The minimum absolute atomic E-state index is 0.126. The van der Waals surface area contributed by atoms with Gasteiger partial charge in [0.15, 0.2) is 0 Å². The standard InChI is InChI=1S/C14H26N2O3/c1-11(2)15-5-3-12(4-6-15)16-7-8-19-13(10-16)9-14(17)18/h11-13H,3-10H2,1-2H3,(H,17,18). The summed E-state index contributed by atoms with van der Waals surface area (Å²) in [6.45, 7) is 9.20. The van der Waals surface area contributed by atoms with E-state index in [1.165, 1.54) is 12.8 Å². The van der Waals surface area contributed by atoms with Gasteiger partial charge in [0.05, 0.1) is 19.1 Å². The number of hydrogen-bond acceptors (Lipinski definition) is 4. The zero-order chi connectivity index (χ0) is 13.8. The number of rotatable bonds is 4. The van der Waals surface area contributed by atoms with Crippen molar-refractivity contribution >= 4 is 5.97 Å². The highest BCUT2D eigenvalue weighted by molar-refractivity contribution is 5.67. The molecule has 0 bridgehead atoms. The fourth-order valence-corrected chi connectivity index (χ4v) is 3.16. The number of carboxylic acids is 1. The number of piperidine rings is 1. The number of nitrogens with zero attached hydrogens (tertiary/aromatic N) is 2. The number of hydrogen-bond donors (Lipinski definition) is 1. The largest absolute Gasteiger partial charge is 0.481 e. The molecule has 0 aromatic heterocycles. The van der Waals surface area contributed by atoms with Gasteiger partial charge in [0.1, 0.15) is 0 Å². The fraction of sp³-hybridized carbons (Fsp3) is 0.929. The molecular weight excluding hydrogens is 244 g/mol. The van der Waals surface area contributed by atoms with Crippen LogP contribution in [0.5, 0.6) is 0 Å². The quantitative estimate of drug-likeness (QED) is 0.827. The summed E-state index contributed by atoms with van der Waals surface area (Å²) in [7, 11) is 0. The molecule has 0 saturated carbocycles. The van der Waals surface area contributed by atoms with E-state index < -0.39 is 5.97 Å². The lowest BCUT2D eigenvalue weighted by Crippen LogP contribution is -2.52. The number of morpholine rings is 1. The highest BCUT2D eigenvalue weighted by atomic mass is 16.5. The molecule has 1 unspecified atom stereocenters. The Morgan fingerprint density at radius 2 is 2.00 bits per heavy atom. The van der Waals surface area contributed by atoms with E-state index in [0.29, 0.717) is 18.7 Å². The molecule has 0 spiro atoms. The summed E-state index contributed by atoms with van der Waals surface area (Å²) >= 11 is 0.